The van der Waals surface area contributed by atoms with Gasteiger partial charge in [0.15, 0.2) is 5.17 Å². The number of aryl methyl sites for hydroxylation is 1. The van der Waals surface area contributed by atoms with Gasteiger partial charge in [-0.2, -0.15) is 0 Å². The number of aliphatic imine (C=N–C) groups is 1. The van der Waals surface area contributed by atoms with Gasteiger partial charge >= 0.3 is 0 Å². The lowest BCUT2D eigenvalue weighted by molar-refractivity contribution is -0.115. The molecular weight excluding hydrogens is 408 g/mol. The molecular formula is C25H22N2O3S. The minimum Gasteiger partial charge on any atom is -0.497 e. The summed E-state index contributed by atoms with van der Waals surface area (Å²) in [5.41, 5.74) is 4.02. The van der Waals surface area contributed by atoms with Crippen LogP contribution in [0.25, 0.3) is 6.08 Å². The molecule has 0 aromatic heterocycles. The van der Waals surface area contributed by atoms with Crippen molar-refractivity contribution in [3.63, 3.8) is 0 Å². The van der Waals surface area contributed by atoms with Crippen molar-refractivity contribution in [3.8, 4) is 11.5 Å². The van der Waals surface area contributed by atoms with Crippen LogP contribution in [0, 0.1) is 6.92 Å². The summed E-state index contributed by atoms with van der Waals surface area (Å²) in [6.07, 6.45) is 1.85. The van der Waals surface area contributed by atoms with Crippen molar-refractivity contribution in [1.82, 2.24) is 5.32 Å². The molecule has 0 aliphatic carbocycles. The first kappa shape index (κ1) is 20.8. The Kier molecular flexibility index (Phi) is 6.38. The predicted molar refractivity (Wildman–Crippen MR) is 126 cm³/mol. The number of amides is 1. The van der Waals surface area contributed by atoms with Gasteiger partial charge in [0.2, 0.25) is 0 Å². The van der Waals surface area contributed by atoms with Crippen LogP contribution in [-0.2, 0) is 11.4 Å². The molecule has 1 heterocycles. The summed E-state index contributed by atoms with van der Waals surface area (Å²) in [4.78, 5) is 17.4. The molecule has 0 saturated carbocycles. The van der Waals surface area contributed by atoms with Gasteiger partial charge in [-0.25, -0.2) is 4.99 Å². The Bertz CT molecular complexity index is 1140. The van der Waals surface area contributed by atoms with Crippen LogP contribution in [0.5, 0.6) is 11.5 Å². The SMILES string of the molecule is COc1ccc(N=C2NC(=O)/C(=C/c3ccc(OCc4cccc(C)c4)cc3)S2)cc1. The fraction of sp³-hybridized carbons (Fsp3) is 0.120. The molecule has 3 aromatic carbocycles. The lowest BCUT2D eigenvalue weighted by Crippen LogP contribution is -2.19. The maximum Gasteiger partial charge on any atom is 0.264 e. The summed E-state index contributed by atoms with van der Waals surface area (Å²) < 4.78 is 11.0. The van der Waals surface area contributed by atoms with Crippen LogP contribution >= 0.6 is 11.8 Å². The summed E-state index contributed by atoms with van der Waals surface area (Å²) >= 11 is 1.32. The average Bonchev–Trinajstić information content (AvgIpc) is 3.12. The van der Waals surface area contributed by atoms with Gasteiger partial charge < -0.3 is 14.8 Å². The predicted octanol–water partition coefficient (Wildman–Crippen LogP) is 5.47. The summed E-state index contributed by atoms with van der Waals surface area (Å²) in [7, 11) is 1.62. The van der Waals surface area contributed by atoms with Crippen molar-refractivity contribution in [1.29, 1.82) is 0 Å². The smallest absolute Gasteiger partial charge is 0.264 e. The quantitative estimate of drug-likeness (QED) is 0.527. The maximum absolute atomic E-state index is 12.3. The number of methoxy groups -OCH3 is 1. The highest BCUT2D eigenvalue weighted by atomic mass is 32.2. The molecule has 0 radical (unpaired) electrons. The van der Waals surface area contributed by atoms with E-state index in [1.54, 1.807) is 7.11 Å². The number of carbonyl (C=O) groups is 1. The molecule has 4 rings (SSSR count). The molecule has 5 nitrogen and oxygen atoms in total. The van der Waals surface area contributed by atoms with Crippen LogP contribution in [0.1, 0.15) is 16.7 Å². The zero-order chi connectivity index (χ0) is 21.6. The normalized spacial score (nSPS) is 15.9. The van der Waals surface area contributed by atoms with Gasteiger partial charge in [0, 0.05) is 0 Å². The molecule has 1 amide bonds. The second kappa shape index (κ2) is 9.53. The second-order valence-electron chi connectivity index (χ2n) is 7.03. The summed E-state index contributed by atoms with van der Waals surface area (Å²) in [6.45, 7) is 2.58. The Morgan fingerprint density at radius 2 is 1.74 bits per heavy atom. The number of nitrogens with zero attached hydrogens (tertiary/aromatic N) is 1. The Hall–Kier alpha value is -3.51. The van der Waals surface area contributed by atoms with Gasteiger partial charge in [-0.05, 0) is 72.3 Å². The van der Waals surface area contributed by atoms with Gasteiger partial charge in [0.05, 0.1) is 17.7 Å². The van der Waals surface area contributed by atoms with E-state index in [2.05, 4.69) is 29.4 Å². The van der Waals surface area contributed by atoms with Crippen molar-refractivity contribution in [3.05, 3.63) is 94.4 Å². The lowest BCUT2D eigenvalue weighted by Gasteiger charge is -2.07. The van der Waals surface area contributed by atoms with Crippen molar-refractivity contribution in [2.24, 2.45) is 4.99 Å². The Labute approximate surface area is 185 Å². The third-order valence-corrected chi connectivity index (χ3v) is 5.53. The molecule has 0 spiro atoms. The van der Waals surface area contributed by atoms with Gasteiger partial charge in [-0.1, -0.05) is 42.0 Å². The zero-order valence-corrected chi connectivity index (χ0v) is 18.1. The zero-order valence-electron chi connectivity index (χ0n) is 17.3. The number of ether oxygens (including phenoxy) is 2. The van der Waals surface area contributed by atoms with E-state index in [1.165, 1.54) is 17.3 Å². The molecule has 156 valence electrons. The fourth-order valence-electron chi connectivity index (χ4n) is 3.03. The minimum absolute atomic E-state index is 0.156. The number of carbonyl (C=O) groups excluding carboxylic acids is 1. The lowest BCUT2D eigenvalue weighted by atomic mass is 10.1. The van der Waals surface area contributed by atoms with Crippen LogP contribution in [0.15, 0.2) is 82.7 Å². The third-order valence-electron chi connectivity index (χ3n) is 4.62. The summed E-state index contributed by atoms with van der Waals surface area (Å²) in [6, 6.07) is 23.3. The molecule has 0 atom stereocenters. The number of nitrogens with one attached hydrogen (secondary N) is 1. The third kappa shape index (κ3) is 5.55. The molecule has 0 bridgehead atoms. The van der Waals surface area contributed by atoms with Crippen molar-refractivity contribution >= 4 is 34.6 Å². The van der Waals surface area contributed by atoms with E-state index < -0.39 is 0 Å². The van der Waals surface area contributed by atoms with Crippen molar-refractivity contribution in [2.75, 3.05) is 7.11 Å². The molecule has 1 fully saturated rings. The number of thioether (sulfide) groups is 1. The molecule has 1 N–H and O–H groups in total. The largest absolute Gasteiger partial charge is 0.497 e. The molecule has 1 aliphatic heterocycles. The number of amidine groups is 1. The number of benzene rings is 3. The van der Waals surface area contributed by atoms with Crippen LogP contribution in [0.2, 0.25) is 0 Å². The molecule has 31 heavy (non-hydrogen) atoms. The second-order valence-corrected chi connectivity index (χ2v) is 8.06. The molecule has 1 saturated heterocycles. The van der Waals surface area contributed by atoms with E-state index in [4.69, 9.17) is 9.47 Å². The summed E-state index contributed by atoms with van der Waals surface area (Å²) in [5, 5.41) is 3.36. The first-order valence-corrected chi connectivity index (χ1v) is 10.6. The minimum atomic E-state index is -0.156. The highest BCUT2D eigenvalue weighted by Gasteiger charge is 2.23. The van der Waals surface area contributed by atoms with E-state index in [-0.39, 0.29) is 5.91 Å². The van der Waals surface area contributed by atoms with Crippen LogP contribution in [0.3, 0.4) is 0 Å². The maximum atomic E-state index is 12.3. The number of hydrogen-bond acceptors (Lipinski definition) is 5. The van der Waals surface area contributed by atoms with Crippen LogP contribution < -0.4 is 14.8 Å². The van der Waals surface area contributed by atoms with Gasteiger partial charge in [-0.3, -0.25) is 4.79 Å². The van der Waals surface area contributed by atoms with E-state index in [0.717, 1.165) is 28.3 Å². The average molecular weight is 431 g/mol. The van der Waals surface area contributed by atoms with Gasteiger partial charge in [0.1, 0.15) is 18.1 Å². The molecule has 1 aliphatic rings. The Morgan fingerprint density at radius 3 is 2.45 bits per heavy atom. The highest BCUT2D eigenvalue weighted by molar-refractivity contribution is 8.18. The van der Waals surface area contributed by atoms with Crippen molar-refractivity contribution < 1.29 is 14.3 Å². The van der Waals surface area contributed by atoms with E-state index in [0.29, 0.717) is 16.7 Å². The number of rotatable bonds is 6. The first-order chi connectivity index (χ1) is 15.1. The topological polar surface area (TPSA) is 59.9 Å². The Morgan fingerprint density at radius 1 is 1.00 bits per heavy atom. The Balaban J connectivity index is 1.39. The van der Waals surface area contributed by atoms with Gasteiger partial charge in [-0.15, -0.1) is 0 Å². The van der Waals surface area contributed by atoms with E-state index >= 15 is 0 Å². The summed E-state index contributed by atoms with van der Waals surface area (Å²) in [5.74, 6) is 1.39. The monoisotopic (exact) mass is 430 g/mol. The van der Waals surface area contributed by atoms with E-state index in [9.17, 15) is 4.79 Å². The van der Waals surface area contributed by atoms with Crippen molar-refractivity contribution in [2.45, 2.75) is 13.5 Å². The highest BCUT2D eigenvalue weighted by Crippen LogP contribution is 2.29. The van der Waals surface area contributed by atoms with E-state index in [1.807, 2.05) is 66.7 Å². The van der Waals surface area contributed by atoms with Crippen LogP contribution in [-0.4, -0.2) is 18.2 Å². The molecule has 3 aromatic rings. The fourth-order valence-corrected chi connectivity index (χ4v) is 3.88. The standard InChI is InChI=1S/C25H22N2O3S/c1-17-4-3-5-19(14-17)16-30-22-10-6-18(7-11-22)15-23-24(28)27-25(31-23)26-20-8-12-21(29-2)13-9-20/h3-15H,16H2,1-2H3,(H,26,27,28)/b23-15-. The molecule has 6 heteroatoms. The van der Waals surface area contributed by atoms with Crippen LogP contribution in [0.4, 0.5) is 5.69 Å². The first-order valence-electron chi connectivity index (χ1n) is 9.81. The van der Waals surface area contributed by atoms with Gasteiger partial charge in [0.25, 0.3) is 5.91 Å². The number of hydrogen-bond donors (Lipinski definition) is 1. The molecule has 0 unspecified atom stereocenters.